The molecule has 0 N–H and O–H groups in total. The summed E-state index contributed by atoms with van der Waals surface area (Å²) >= 11 is 0. The second-order valence-electron chi connectivity index (χ2n) is 2.57. The molecule has 0 saturated heterocycles. The summed E-state index contributed by atoms with van der Waals surface area (Å²) in [4.78, 5) is 0. The van der Waals surface area contributed by atoms with E-state index in [2.05, 4.69) is 19.3 Å². The summed E-state index contributed by atoms with van der Waals surface area (Å²) in [5.41, 5.74) is 0. The average Bonchev–Trinajstić information content (AvgIpc) is 1.97. The molecule has 57 valence electrons. The third-order valence-corrected chi connectivity index (χ3v) is 1.56. The van der Waals surface area contributed by atoms with Gasteiger partial charge in [0, 0.05) is 6.42 Å². The standard InChI is InChI=1S/C10H17/c1-3-5-7-9-10-8-6-4-2/h1,4H,5-10H2,2H3. The van der Waals surface area contributed by atoms with E-state index in [0.29, 0.717) is 0 Å². The minimum atomic E-state index is 0.954. The summed E-state index contributed by atoms with van der Waals surface area (Å²) in [6.07, 6.45) is 14.7. The number of terminal acetylenes is 1. The number of hydrogen-bond donors (Lipinski definition) is 0. The third-order valence-electron chi connectivity index (χ3n) is 1.56. The second-order valence-corrected chi connectivity index (χ2v) is 2.57. The molecule has 0 rings (SSSR count). The molecule has 0 saturated carbocycles. The fraction of sp³-hybridized carbons (Fsp3) is 0.700. The van der Waals surface area contributed by atoms with Crippen LogP contribution in [0.1, 0.15) is 45.4 Å². The molecule has 0 aromatic carbocycles. The van der Waals surface area contributed by atoms with Crippen molar-refractivity contribution in [3.05, 3.63) is 6.42 Å². The summed E-state index contributed by atoms with van der Waals surface area (Å²) in [6, 6.07) is 0. The maximum atomic E-state index is 5.11. The van der Waals surface area contributed by atoms with Crippen molar-refractivity contribution < 1.29 is 0 Å². The van der Waals surface area contributed by atoms with Gasteiger partial charge in [-0.2, -0.15) is 0 Å². The van der Waals surface area contributed by atoms with Gasteiger partial charge in [-0.25, -0.2) is 0 Å². The molecule has 0 aliphatic heterocycles. The van der Waals surface area contributed by atoms with Gasteiger partial charge < -0.3 is 0 Å². The molecule has 0 heterocycles. The van der Waals surface area contributed by atoms with Gasteiger partial charge in [0.05, 0.1) is 0 Å². The lowest BCUT2D eigenvalue weighted by Crippen LogP contribution is -1.77. The molecule has 0 aliphatic carbocycles. The van der Waals surface area contributed by atoms with Gasteiger partial charge >= 0.3 is 0 Å². The summed E-state index contributed by atoms with van der Waals surface area (Å²) in [5, 5.41) is 0. The highest BCUT2D eigenvalue weighted by Crippen LogP contribution is 2.05. The lowest BCUT2D eigenvalue weighted by Gasteiger charge is -1.95. The van der Waals surface area contributed by atoms with Crippen molar-refractivity contribution in [3.63, 3.8) is 0 Å². The molecular weight excluding hydrogens is 120 g/mol. The van der Waals surface area contributed by atoms with Crippen molar-refractivity contribution in [1.82, 2.24) is 0 Å². The zero-order chi connectivity index (χ0) is 7.66. The van der Waals surface area contributed by atoms with Crippen LogP contribution in [0.5, 0.6) is 0 Å². The Balaban J connectivity index is 2.72. The van der Waals surface area contributed by atoms with Crippen molar-refractivity contribution in [1.29, 1.82) is 0 Å². The summed E-state index contributed by atoms with van der Waals surface area (Å²) in [5.74, 6) is 2.65. The highest BCUT2D eigenvalue weighted by molar-refractivity contribution is 4.82. The first-order chi connectivity index (χ1) is 4.91. The normalized spacial score (nSPS) is 9.20. The van der Waals surface area contributed by atoms with Crippen LogP contribution in [0, 0.1) is 18.8 Å². The Hall–Kier alpha value is -0.440. The lowest BCUT2D eigenvalue weighted by molar-refractivity contribution is 0.646. The van der Waals surface area contributed by atoms with Gasteiger partial charge in [0.1, 0.15) is 0 Å². The van der Waals surface area contributed by atoms with E-state index in [9.17, 15) is 0 Å². The first-order valence-electron chi connectivity index (χ1n) is 4.13. The second kappa shape index (κ2) is 8.56. The van der Waals surface area contributed by atoms with Gasteiger partial charge in [-0.1, -0.05) is 32.6 Å². The minimum Gasteiger partial charge on any atom is -0.120 e. The van der Waals surface area contributed by atoms with E-state index < -0.39 is 0 Å². The molecule has 0 aromatic rings. The van der Waals surface area contributed by atoms with E-state index in [1.807, 2.05) is 0 Å². The highest BCUT2D eigenvalue weighted by Gasteiger charge is 1.86. The van der Waals surface area contributed by atoms with E-state index >= 15 is 0 Å². The molecule has 0 heteroatoms. The van der Waals surface area contributed by atoms with Crippen molar-refractivity contribution in [2.45, 2.75) is 45.4 Å². The van der Waals surface area contributed by atoms with Gasteiger partial charge in [0.15, 0.2) is 0 Å². The first-order valence-corrected chi connectivity index (χ1v) is 4.13. The van der Waals surface area contributed by atoms with Crippen LogP contribution in [-0.2, 0) is 0 Å². The lowest BCUT2D eigenvalue weighted by atomic mass is 10.1. The maximum absolute atomic E-state index is 5.11. The Bertz CT molecular complexity index is 86.7. The Kier molecular flexibility index (Phi) is 8.18. The van der Waals surface area contributed by atoms with Crippen LogP contribution in [0.2, 0.25) is 0 Å². The fourth-order valence-corrected chi connectivity index (χ4v) is 0.929. The maximum Gasteiger partial charge on any atom is 0.00860 e. The van der Waals surface area contributed by atoms with E-state index in [-0.39, 0.29) is 0 Å². The predicted molar refractivity (Wildman–Crippen MR) is 46.5 cm³/mol. The zero-order valence-corrected chi connectivity index (χ0v) is 6.90. The van der Waals surface area contributed by atoms with Gasteiger partial charge in [-0.3, -0.25) is 0 Å². The van der Waals surface area contributed by atoms with Gasteiger partial charge in [0.25, 0.3) is 0 Å². The number of hydrogen-bond acceptors (Lipinski definition) is 0. The highest BCUT2D eigenvalue weighted by atomic mass is 13.9. The van der Waals surface area contributed by atoms with Crippen LogP contribution in [0.15, 0.2) is 0 Å². The molecule has 0 atom stereocenters. The Morgan fingerprint density at radius 3 is 2.50 bits per heavy atom. The van der Waals surface area contributed by atoms with Crippen molar-refractivity contribution in [2.24, 2.45) is 0 Å². The molecule has 10 heavy (non-hydrogen) atoms. The first kappa shape index (κ1) is 9.56. The molecule has 0 fully saturated rings. The van der Waals surface area contributed by atoms with Crippen LogP contribution in [0.3, 0.4) is 0 Å². The monoisotopic (exact) mass is 137 g/mol. The van der Waals surface area contributed by atoms with Gasteiger partial charge in [-0.15, -0.1) is 12.3 Å². The molecular formula is C10H17. The average molecular weight is 137 g/mol. The summed E-state index contributed by atoms with van der Waals surface area (Å²) in [7, 11) is 0. The Morgan fingerprint density at radius 2 is 1.90 bits per heavy atom. The van der Waals surface area contributed by atoms with Gasteiger partial charge in [-0.05, 0) is 12.8 Å². The van der Waals surface area contributed by atoms with Crippen LogP contribution >= 0.6 is 0 Å². The predicted octanol–water partition coefficient (Wildman–Crippen LogP) is 3.18. The smallest absolute Gasteiger partial charge is 0.00860 e. The number of unbranched alkanes of at least 4 members (excludes halogenated alkanes) is 6. The Labute approximate surface area is 65.0 Å². The van der Waals surface area contributed by atoms with Crippen LogP contribution < -0.4 is 0 Å². The molecule has 0 nitrogen and oxygen atoms in total. The van der Waals surface area contributed by atoms with E-state index in [0.717, 1.165) is 6.42 Å². The minimum absolute atomic E-state index is 0.954. The number of rotatable bonds is 6. The molecule has 0 aromatic heterocycles. The molecule has 1 radical (unpaired) electrons. The molecule has 0 unspecified atom stereocenters. The van der Waals surface area contributed by atoms with Crippen LogP contribution in [0.25, 0.3) is 0 Å². The fourth-order valence-electron chi connectivity index (χ4n) is 0.929. The van der Waals surface area contributed by atoms with Crippen LogP contribution in [-0.4, -0.2) is 0 Å². The quantitative estimate of drug-likeness (QED) is 0.389. The Morgan fingerprint density at radius 1 is 1.20 bits per heavy atom. The van der Waals surface area contributed by atoms with Gasteiger partial charge in [0.2, 0.25) is 0 Å². The van der Waals surface area contributed by atoms with E-state index in [4.69, 9.17) is 6.42 Å². The summed E-state index contributed by atoms with van der Waals surface area (Å²) in [6.45, 7) is 2.11. The van der Waals surface area contributed by atoms with E-state index in [1.54, 1.807) is 0 Å². The van der Waals surface area contributed by atoms with Crippen molar-refractivity contribution in [3.8, 4) is 12.3 Å². The zero-order valence-electron chi connectivity index (χ0n) is 6.90. The van der Waals surface area contributed by atoms with Crippen LogP contribution in [0.4, 0.5) is 0 Å². The SMILES string of the molecule is C#CCCCCCC[CH]C. The molecule has 0 amide bonds. The van der Waals surface area contributed by atoms with Crippen molar-refractivity contribution in [2.75, 3.05) is 0 Å². The topological polar surface area (TPSA) is 0 Å². The molecule has 0 aliphatic rings. The molecule has 0 spiro atoms. The largest absolute Gasteiger partial charge is 0.120 e. The third kappa shape index (κ3) is 7.56. The van der Waals surface area contributed by atoms with Crippen molar-refractivity contribution >= 4 is 0 Å². The molecule has 0 bridgehead atoms. The van der Waals surface area contributed by atoms with E-state index in [1.165, 1.54) is 32.1 Å². The summed E-state index contributed by atoms with van der Waals surface area (Å²) < 4.78 is 0.